The first-order valence-corrected chi connectivity index (χ1v) is 5.79. The molecule has 84 valence electrons. The maximum absolute atomic E-state index is 12.0. The third kappa shape index (κ3) is 1.74. The third-order valence-electron chi connectivity index (χ3n) is 2.25. The highest BCUT2D eigenvalue weighted by atomic mass is 32.1. The van der Waals surface area contributed by atoms with Gasteiger partial charge in [-0.15, -0.1) is 0 Å². The molecule has 1 heterocycles. The van der Waals surface area contributed by atoms with Gasteiger partial charge in [-0.1, -0.05) is 18.2 Å². The average Bonchev–Trinajstić information content (AvgIpc) is 2.55. The van der Waals surface area contributed by atoms with Crippen molar-refractivity contribution < 1.29 is 0 Å². The zero-order valence-corrected chi connectivity index (χ0v) is 9.90. The van der Waals surface area contributed by atoms with E-state index >= 15 is 0 Å². The second-order valence-corrected chi connectivity index (χ2v) is 4.63. The summed E-state index contributed by atoms with van der Waals surface area (Å²) >= 11 is 0.934. The summed E-state index contributed by atoms with van der Waals surface area (Å²) in [5.41, 5.74) is 0.463. The molecule has 0 aliphatic carbocycles. The van der Waals surface area contributed by atoms with E-state index in [-0.39, 0.29) is 16.6 Å². The molecule has 0 amide bonds. The van der Waals surface area contributed by atoms with Gasteiger partial charge in [0, 0.05) is 17.6 Å². The second kappa shape index (κ2) is 4.09. The van der Waals surface area contributed by atoms with Crippen LogP contribution in [0.2, 0.25) is 0 Å². The van der Waals surface area contributed by atoms with Gasteiger partial charge in [0.25, 0.3) is 0 Å². The number of benzene rings is 1. The van der Waals surface area contributed by atoms with Crippen molar-refractivity contribution in [1.29, 1.82) is 0 Å². The van der Waals surface area contributed by atoms with Crippen molar-refractivity contribution in [2.24, 2.45) is 0 Å². The fourth-order valence-corrected chi connectivity index (χ4v) is 2.42. The molecule has 0 saturated carbocycles. The van der Waals surface area contributed by atoms with E-state index < -0.39 is 0 Å². The van der Waals surface area contributed by atoms with Crippen LogP contribution in [0.5, 0.6) is 0 Å². The maximum atomic E-state index is 12.0. The molecule has 0 spiro atoms. The summed E-state index contributed by atoms with van der Waals surface area (Å²) in [6.45, 7) is 3.65. The topological polar surface area (TPSA) is 44.0 Å². The zero-order valence-electron chi connectivity index (χ0n) is 9.08. The molecule has 0 unspecified atom stereocenters. The van der Waals surface area contributed by atoms with Gasteiger partial charge in [0.15, 0.2) is 0 Å². The summed E-state index contributed by atoms with van der Waals surface area (Å²) < 4.78 is 2.68. The minimum Gasteiger partial charge on any atom is -0.255 e. The fraction of sp³-hybridized carbons (Fsp3) is 0.273. The normalized spacial score (nSPS) is 10.9. The van der Waals surface area contributed by atoms with E-state index in [1.807, 2.05) is 44.2 Å². The summed E-state index contributed by atoms with van der Waals surface area (Å²) in [6, 6.07) is 9.05. The SMILES string of the molecule is CC(C)n1c(=O)sn(-c2ccccc2)c1=O. The van der Waals surface area contributed by atoms with E-state index in [1.165, 1.54) is 8.52 Å². The Morgan fingerprint density at radius 3 is 2.25 bits per heavy atom. The Morgan fingerprint density at radius 1 is 1.12 bits per heavy atom. The Hall–Kier alpha value is -1.62. The van der Waals surface area contributed by atoms with Gasteiger partial charge in [-0.2, -0.15) is 0 Å². The Labute approximate surface area is 96.5 Å². The van der Waals surface area contributed by atoms with Crippen molar-refractivity contribution >= 4 is 11.5 Å². The van der Waals surface area contributed by atoms with Crippen LogP contribution in [0.3, 0.4) is 0 Å². The summed E-state index contributed by atoms with van der Waals surface area (Å²) in [5.74, 6) is 0. The van der Waals surface area contributed by atoms with Crippen LogP contribution in [0.25, 0.3) is 5.69 Å². The predicted molar refractivity (Wildman–Crippen MR) is 64.6 cm³/mol. The molecule has 4 nitrogen and oxygen atoms in total. The van der Waals surface area contributed by atoms with Crippen LogP contribution in [-0.2, 0) is 0 Å². The fourth-order valence-electron chi connectivity index (χ4n) is 1.50. The lowest BCUT2D eigenvalue weighted by molar-refractivity contribution is 0.560. The third-order valence-corrected chi connectivity index (χ3v) is 3.16. The number of hydrogen-bond acceptors (Lipinski definition) is 3. The van der Waals surface area contributed by atoms with Crippen LogP contribution >= 0.6 is 11.5 Å². The monoisotopic (exact) mass is 236 g/mol. The first kappa shape index (κ1) is 10.9. The van der Waals surface area contributed by atoms with Gasteiger partial charge >= 0.3 is 10.6 Å². The summed E-state index contributed by atoms with van der Waals surface area (Å²) in [5, 5.41) is 0. The van der Waals surface area contributed by atoms with Crippen molar-refractivity contribution in [3.8, 4) is 5.69 Å². The van der Waals surface area contributed by atoms with Crippen molar-refractivity contribution in [3.63, 3.8) is 0 Å². The number of rotatable bonds is 2. The van der Waals surface area contributed by atoms with Crippen molar-refractivity contribution in [2.75, 3.05) is 0 Å². The Bertz CT molecular complexity index is 592. The minimum atomic E-state index is -0.267. The molecular formula is C11H12N2O2S. The second-order valence-electron chi connectivity index (χ2n) is 3.73. The molecule has 16 heavy (non-hydrogen) atoms. The Kier molecular flexibility index (Phi) is 2.78. The highest BCUT2D eigenvalue weighted by Crippen LogP contribution is 2.06. The standard InChI is InChI=1S/C11H12N2O2S/c1-8(2)12-10(14)13(16-11(12)15)9-6-4-3-5-7-9/h3-8H,1-2H3. The van der Waals surface area contributed by atoms with E-state index in [2.05, 4.69) is 0 Å². The van der Waals surface area contributed by atoms with Gasteiger partial charge < -0.3 is 0 Å². The van der Waals surface area contributed by atoms with Gasteiger partial charge in [-0.3, -0.25) is 4.79 Å². The Morgan fingerprint density at radius 2 is 1.75 bits per heavy atom. The largest absolute Gasteiger partial charge is 0.346 e. The first-order valence-electron chi connectivity index (χ1n) is 5.01. The average molecular weight is 236 g/mol. The molecule has 0 radical (unpaired) electrons. The molecule has 5 heteroatoms. The lowest BCUT2D eigenvalue weighted by Crippen LogP contribution is -2.29. The maximum Gasteiger partial charge on any atom is 0.346 e. The molecule has 1 aromatic carbocycles. The Balaban J connectivity index is 2.66. The summed E-state index contributed by atoms with van der Waals surface area (Å²) in [6.07, 6.45) is 0. The molecular weight excluding hydrogens is 224 g/mol. The number of nitrogens with zero attached hydrogens (tertiary/aromatic N) is 2. The number of para-hydroxylation sites is 1. The van der Waals surface area contributed by atoms with E-state index in [1.54, 1.807) is 0 Å². The van der Waals surface area contributed by atoms with Gasteiger partial charge in [-0.05, 0) is 26.0 Å². The molecule has 0 saturated heterocycles. The zero-order chi connectivity index (χ0) is 11.7. The van der Waals surface area contributed by atoms with Crippen LogP contribution in [-0.4, -0.2) is 8.52 Å². The quantitative estimate of drug-likeness (QED) is 0.795. The van der Waals surface area contributed by atoms with E-state index in [0.717, 1.165) is 17.2 Å². The van der Waals surface area contributed by atoms with E-state index in [9.17, 15) is 9.59 Å². The van der Waals surface area contributed by atoms with E-state index in [0.29, 0.717) is 0 Å². The van der Waals surface area contributed by atoms with Crippen LogP contribution in [0.4, 0.5) is 0 Å². The minimum absolute atomic E-state index is 0.110. The molecule has 0 fully saturated rings. The molecule has 0 bridgehead atoms. The highest BCUT2D eigenvalue weighted by Gasteiger charge is 2.13. The van der Waals surface area contributed by atoms with E-state index in [4.69, 9.17) is 0 Å². The van der Waals surface area contributed by atoms with Crippen molar-refractivity contribution in [1.82, 2.24) is 8.52 Å². The smallest absolute Gasteiger partial charge is 0.255 e. The van der Waals surface area contributed by atoms with Gasteiger partial charge in [-0.25, -0.2) is 13.3 Å². The lowest BCUT2D eigenvalue weighted by Gasteiger charge is -2.02. The number of aromatic nitrogens is 2. The summed E-state index contributed by atoms with van der Waals surface area (Å²) in [7, 11) is 0. The van der Waals surface area contributed by atoms with Crippen molar-refractivity contribution in [2.45, 2.75) is 19.9 Å². The molecule has 0 aliphatic rings. The molecule has 2 rings (SSSR count). The van der Waals surface area contributed by atoms with Crippen LogP contribution in [0.15, 0.2) is 39.9 Å². The van der Waals surface area contributed by atoms with Crippen LogP contribution in [0, 0.1) is 0 Å². The lowest BCUT2D eigenvalue weighted by atomic mass is 10.3. The van der Waals surface area contributed by atoms with Crippen molar-refractivity contribution in [3.05, 3.63) is 50.5 Å². The number of hydrogen-bond donors (Lipinski definition) is 0. The van der Waals surface area contributed by atoms with Crippen LogP contribution in [0.1, 0.15) is 19.9 Å². The summed E-state index contributed by atoms with van der Waals surface area (Å²) in [4.78, 5) is 23.4. The molecule has 2 aromatic rings. The van der Waals surface area contributed by atoms with Gasteiger partial charge in [0.05, 0.1) is 5.69 Å². The molecule has 0 N–H and O–H groups in total. The van der Waals surface area contributed by atoms with Gasteiger partial charge in [0.1, 0.15) is 0 Å². The predicted octanol–water partition coefficient (Wildman–Crippen LogP) is 1.64. The molecule has 0 aliphatic heterocycles. The van der Waals surface area contributed by atoms with Gasteiger partial charge in [0.2, 0.25) is 0 Å². The molecule has 0 atom stereocenters. The highest BCUT2D eigenvalue weighted by molar-refractivity contribution is 7.03. The van der Waals surface area contributed by atoms with Crippen LogP contribution < -0.4 is 10.6 Å². The molecule has 1 aromatic heterocycles. The first-order chi connectivity index (χ1) is 7.61.